The molecule has 0 aromatic heterocycles. The molecule has 2 rings (SSSR count). The molecule has 0 amide bonds. The van der Waals surface area contributed by atoms with Gasteiger partial charge in [-0.2, -0.15) is 0 Å². The van der Waals surface area contributed by atoms with Gasteiger partial charge in [-0.15, -0.1) is 0 Å². The second-order valence-corrected chi connectivity index (χ2v) is 5.41. The summed E-state index contributed by atoms with van der Waals surface area (Å²) in [6.07, 6.45) is 2.68. The maximum Gasteiger partial charge on any atom is 1.00 e. The van der Waals surface area contributed by atoms with E-state index < -0.39 is 21.0 Å². The van der Waals surface area contributed by atoms with Crippen molar-refractivity contribution in [2.24, 2.45) is 0 Å². The molecule has 0 aliphatic carbocycles. The van der Waals surface area contributed by atoms with Gasteiger partial charge in [0, 0.05) is 6.08 Å². The molecular weight excluding hydrogens is 315 g/mol. The summed E-state index contributed by atoms with van der Waals surface area (Å²) in [4.78, 5) is 11.1. The Labute approximate surface area is 150 Å². The molecule has 2 aromatic rings. The Bertz CT molecular complexity index is 770. The van der Waals surface area contributed by atoms with Gasteiger partial charge in [0.2, 0.25) is 0 Å². The zero-order chi connectivity index (χ0) is 15.3. The fourth-order valence-electron chi connectivity index (χ4n) is 1.61. The number of esters is 1. The number of hydrogen-bond donors (Lipinski definition) is 0. The van der Waals surface area contributed by atoms with Crippen LogP contribution >= 0.6 is 0 Å². The summed E-state index contributed by atoms with van der Waals surface area (Å²) >= 11 is 0. The Morgan fingerprint density at radius 1 is 1.00 bits per heavy atom. The maximum absolute atomic E-state index is 11.7. The van der Waals surface area contributed by atoms with Gasteiger partial charge in [-0.1, -0.05) is 42.5 Å². The third kappa shape index (κ3) is 5.40. The van der Waals surface area contributed by atoms with Gasteiger partial charge in [-0.05, 0) is 23.8 Å². The van der Waals surface area contributed by atoms with Crippen LogP contribution in [0.4, 0.5) is 0 Å². The molecule has 108 valence electrons. The van der Waals surface area contributed by atoms with Crippen molar-refractivity contribution in [1.29, 1.82) is 0 Å². The summed E-state index contributed by atoms with van der Waals surface area (Å²) in [6, 6.07) is 14.2. The molecule has 0 bridgehead atoms. The van der Waals surface area contributed by atoms with Gasteiger partial charge < -0.3 is 9.29 Å². The molecule has 0 heterocycles. The molecule has 0 aliphatic heterocycles. The minimum Gasteiger partial charge on any atom is -0.744 e. The third-order valence-corrected chi connectivity index (χ3v) is 3.42. The van der Waals surface area contributed by atoms with Gasteiger partial charge in [0.05, 0.1) is 4.90 Å². The van der Waals surface area contributed by atoms with Crippen molar-refractivity contribution in [2.75, 3.05) is 0 Å². The minimum atomic E-state index is -4.70. The van der Waals surface area contributed by atoms with E-state index in [0.29, 0.717) is 0 Å². The Morgan fingerprint density at radius 2 is 1.59 bits per heavy atom. The van der Waals surface area contributed by atoms with Gasteiger partial charge in [-0.25, -0.2) is 13.2 Å². The average molecular weight is 326 g/mol. The molecule has 0 radical (unpaired) electrons. The monoisotopic (exact) mass is 326 g/mol. The van der Waals surface area contributed by atoms with Crippen LogP contribution < -0.4 is 34.3 Å². The van der Waals surface area contributed by atoms with E-state index in [4.69, 9.17) is 4.74 Å². The van der Waals surface area contributed by atoms with E-state index in [0.717, 1.165) is 17.7 Å². The van der Waals surface area contributed by atoms with Crippen LogP contribution in [0.1, 0.15) is 5.56 Å². The molecule has 0 unspecified atom stereocenters. The van der Waals surface area contributed by atoms with Gasteiger partial charge in [0.25, 0.3) is 0 Å². The number of carbonyl (C=O) groups is 1. The number of rotatable bonds is 4. The Hall–Kier alpha value is -1.44. The standard InChI is InChI=1S/C15H12O5S.Na/c16-15(11-10-12-6-2-1-3-7-12)20-13-8-4-5-9-14(13)21(17,18)19;/h1-11H,(H,17,18,19);/q;+1/p-1. The zero-order valence-corrected chi connectivity index (χ0v) is 14.6. The second-order valence-electron chi connectivity index (χ2n) is 4.07. The smallest absolute Gasteiger partial charge is 0.744 e. The predicted molar refractivity (Wildman–Crippen MR) is 75.5 cm³/mol. The Morgan fingerprint density at radius 3 is 2.23 bits per heavy atom. The molecule has 0 saturated heterocycles. The SMILES string of the molecule is O=C(C=Cc1ccccc1)Oc1ccccc1S(=O)(=O)[O-].[Na+]. The van der Waals surface area contributed by atoms with Crippen molar-refractivity contribution in [3.8, 4) is 5.75 Å². The van der Waals surface area contributed by atoms with Gasteiger partial charge in [-0.3, -0.25) is 0 Å². The van der Waals surface area contributed by atoms with Gasteiger partial charge in [0.1, 0.15) is 15.9 Å². The normalized spacial score (nSPS) is 11.0. The first-order valence-corrected chi connectivity index (χ1v) is 7.37. The predicted octanol–water partition coefficient (Wildman–Crippen LogP) is -0.786. The molecule has 0 N–H and O–H groups in total. The molecule has 0 fully saturated rings. The Kier molecular flexibility index (Phi) is 6.99. The van der Waals surface area contributed by atoms with E-state index in [1.165, 1.54) is 24.3 Å². The number of para-hydroxylation sites is 1. The van der Waals surface area contributed by atoms with Crippen molar-refractivity contribution in [2.45, 2.75) is 4.90 Å². The van der Waals surface area contributed by atoms with Gasteiger partial charge >= 0.3 is 35.5 Å². The van der Waals surface area contributed by atoms with Crippen LogP contribution in [0.2, 0.25) is 0 Å². The van der Waals surface area contributed by atoms with Crippen LogP contribution in [-0.4, -0.2) is 18.9 Å². The summed E-state index contributed by atoms with van der Waals surface area (Å²) in [5.74, 6) is -1.05. The van der Waals surface area contributed by atoms with Crippen LogP contribution in [0.5, 0.6) is 5.75 Å². The minimum absolute atomic E-state index is 0. The first-order valence-electron chi connectivity index (χ1n) is 5.97. The van der Waals surface area contributed by atoms with Crippen LogP contribution in [0.3, 0.4) is 0 Å². The number of benzene rings is 2. The van der Waals surface area contributed by atoms with Crippen LogP contribution in [0.25, 0.3) is 6.08 Å². The summed E-state index contributed by atoms with van der Waals surface area (Å²) < 4.78 is 38.0. The van der Waals surface area contributed by atoms with E-state index >= 15 is 0 Å². The van der Waals surface area contributed by atoms with E-state index in [-0.39, 0.29) is 35.3 Å². The number of hydrogen-bond acceptors (Lipinski definition) is 5. The quantitative estimate of drug-likeness (QED) is 0.242. The van der Waals surface area contributed by atoms with Crippen molar-refractivity contribution >= 4 is 22.2 Å². The molecule has 5 nitrogen and oxygen atoms in total. The largest absolute Gasteiger partial charge is 1.00 e. The van der Waals surface area contributed by atoms with Crippen molar-refractivity contribution < 1.29 is 52.1 Å². The summed E-state index contributed by atoms with van der Waals surface area (Å²) in [5, 5.41) is 0. The average Bonchev–Trinajstić information content (AvgIpc) is 2.46. The number of carbonyl (C=O) groups excluding carboxylic acids is 1. The molecule has 0 spiro atoms. The van der Waals surface area contributed by atoms with Crippen LogP contribution in [0.15, 0.2) is 65.6 Å². The zero-order valence-electron chi connectivity index (χ0n) is 11.8. The molecule has 2 aromatic carbocycles. The van der Waals surface area contributed by atoms with E-state index in [2.05, 4.69) is 0 Å². The third-order valence-electron chi connectivity index (χ3n) is 2.54. The van der Waals surface area contributed by atoms with Crippen LogP contribution in [0, 0.1) is 0 Å². The summed E-state index contributed by atoms with van der Waals surface area (Å²) in [7, 11) is -4.70. The van der Waals surface area contributed by atoms with E-state index in [9.17, 15) is 17.8 Å². The molecule has 7 heteroatoms. The molecule has 22 heavy (non-hydrogen) atoms. The second kappa shape index (κ2) is 8.26. The van der Waals surface area contributed by atoms with Crippen molar-refractivity contribution in [1.82, 2.24) is 0 Å². The first-order chi connectivity index (χ1) is 9.97. The summed E-state index contributed by atoms with van der Waals surface area (Å²) in [6.45, 7) is 0. The Balaban J connectivity index is 0.00000242. The topological polar surface area (TPSA) is 83.5 Å². The van der Waals surface area contributed by atoms with Crippen molar-refractivity contribution in [3.63, 3.8) is 0 Å². The van der Waals surface area contributed by atoms with Crippen molar-refractivity contribution in [3.05, 3.63) is 66.2 Å². The van der Waals surface area contributed by atoms with E-state index in [1.807, 2.05) is 18.2 Å². The molecule has 0 aliphatic rings. The fraction of sp³-hybridized carbons (Fsp3) is 0. The van der Waals surface area contributed by atoms with Gasteiger partial charge in [0.15, 0.2) is 0 Å². The maximum atomic E-state index is 11.7. The molecule has 0 saturated carbocycles. The fourth-order valence-corrected chi connectivity index (χ4v) is 2.21. The van der Waals surface area contributed by atoms with Crippen LogP contribution in [-0.2, 0) is 14.9 Å². The number of ether oxygens (including phenoxy) is 1. The molecule has 0 atom stereocenters. The first kappa shape index (κ1) is 18.6. The van der Waals surface area contributed by atoms with E-state index in [1.54, 1.807) is 12.1 Å². The molecular formula is C15H11NaO5S. The summed E-state index contributed by atoms with van der Waals surface area (Å²) in [5.41, 5.74) is 0.791.